The maximum atomic E-state index is 12.6. The molecule has 1 aromatic carbocycles. The van der Waals surface area contributed by atoms with Gasteiger partial charge in [0.2, 0.25) is 5.91 Å². The number of benzene rings is 1. The Bertz CT molecular complexity index is 493. The fourth-order valence-electron chi connectivity index (χ4n) is 2.19. The molecule has 0 saturated heterocycles. The molecule has 1 rings (SSSR count). The van der Waals surface area contributed by atoms with Gasteiger partial charge in [0.05, 0.1) is 13.2 Å². The molecule has 0 radical (unpaired) electrons. The Kier molecular flexibility index (Phi) is 9.72. The fraction of sp³-hybridized carbons (Fsp3) is 0.556. The maximum Gasteiger partial charge on any atom is 0.251 e. The van der Waals surface area contributed by atoms with Crippen molar-refractivity contribution in [1.82, 2.24) is 10.2 Å². The van der Waals surface area contributed by atoms with Crippen LogP contribution in [-0.2, 0) is 25.6 Å². The monoisotopic (exact) mass is 336 g/mol. The van der Waals surface area contributed by atoms with Crippen molar-refractivity contribution in [1.29, 1.82) is 0 Å². The van der Waals surface area contributed by atoms with E-state index in [2.05, 4.69) is 5.32 Å². The van der Waals surface area contributed by atoms with E-state index in [4.69, 9.17) is 9.47 Å². The average Bonchev–Trinajstić information content (AvgIpc) is 2.57. The van der Waals surface area contributed by atoms with E-state index in [-0.39, 0.29) is 11.8 Å². The molecule has 1 aromatic rings. The molecule has 0 aliphatic heterocycles. The van der Waals surface area contributed by atoms with Crippen molar-refractivity contribution in [3.05, 3.63) is 35.9 Å². The lowest BCUT2D eigenvalue weighted by atomic mass is 10.2. The summed E-state index contributed by atoms with van der Waals surface area (Å²) < 4.78 is 10.8. The van der Waals surface area contributed by atoms with Gasteiger partial charge in [-0.1, -0.05) is 30.3 Å². The molecule has 134 valence electrons. The van der Waals surface area contributed by atoms with Gasteiger partial charge in [0.15, 0.2) is 0 Å². The third-order valence-electron chi connectivity index (χ3n) is 3.43. The highest BCUT2D eigenvalue weighted by Crippen LogP contribution is 2.07. The van der Waals surface area contributed by atoms with Crippen molar-refractivity contribution >= 4 is 11.8 Å². The summed E-state index contributed by atoms with van der Waals surface area (Å²) in [5.41, 5.74) is 1.04. The van der Waals surface area contributed by atoms with E-state index < -0.39 is 6.10 Å². The Labute approximate surface area is 144 Å². The molecule has 24 heavy (non-hydrogen) atoms. The largest absolute Gasteiger partial charge is 0.379 e. The smallest absolute Gasteiger partial charge is 0.251 e. The van der Waals surface area contributed by atoms with Crippen LogP contribution in [-0.4, -0.2) is 55.7 Å². The first kappa shape index (κ1) is 20.1. The van der Waals surface area contributed by atoms with Gasteiger partial charge in [0, 0.05) is 33.2 Å². The molecule has 0 aliphatic carbocycles. The summed E-state index contributed by atoms with van der Waals surface area (Å²) in [4.78, 5) is 25.4. The second-order valence-corrected chi connectivity index (χ2v) is 5.44. The van der Waals surface area contributed by atoms with Crippen LogP contribution in [0.3, 0.4) is 0 Å². The molecule has 0 aliphatic rings. The van der Waals surface area contributed by atoms with Crippen LogP contribution in [0.25, 0.3) is 0 Å². The van der Waals surface area contributed by atoms with Crippen LogP contribution in [0.15, 0.2) is 30.3 Å². The topological polar surface area (TPSA) is 67.9 Å². The van der Waals surface area contributed by atoms with Gasteiger partial charge < -0.3 is 19.7 Å². The summed E-state index contributed by atoms with van der Waals surface area (Å²) in [7, 11) is 0. The van der Waals surface area contributed by atoms with Crippen LogP contribution in [0.1, 0.15) is 26.3 Å². The standard InChI is InChI=1S/C18H28N2O4/c1-4-23-12-13-24-15(2)18(22)20(11-10-19-16(3)21)14-17-8-6-5-7-9-17/h5-9,15H,4,10-14H2,1-3H3,(H,19,21). The quantitative estimate of drug-likeness (QED) is 0.623. The molecule has 1 N–H and O–H groups in total. The van der Waals surface area contributed by atoms with Crippen LogP contribution in [0.5, 0.6) is 0 Å². The summed E-state index contributed by atoms with van der Waals surface area (Å²) in [6.07, 6.45) is -0.550. The lowest BCUT2D eigenvalue weighted by Gasteiger charge is -2.26. The van der Waals surface area contributed by atoms with Gasteiger partial charge in [-0.25, -0.2) is 0 Å². The van der Waals surface area contributed by atoms with Gasteiger partial charge >= 0.3 is 0 Å². The molecule has 0 bridgehead atoms. The lowest BCUT2D eigenvalue weighted by molar-refractivity contribution is -0.144. The second-order valence-electron chi connectivity index (χ2n) is 5.44. The third kappa shape index (κ3) is 8.08. The van der Waals surface area contributed by atoms with Crippen LogP contribution in [0, 0.1) is 0 Å². The fourth-order valence-corrected chi connectivity index (χ4v) is 2.19. The molecule has 6 nitrogen and oxygen atoms in total. The van der Waals surface area contributed by atoms with E-state index in [1.54, 1.807) is 11.8 Å². The SMILES string of the molecule is CCOCCOC(C)C(=O)N(CCNC(C)=O)Cc1ccccc1. The highest BCUT2D eigenvalue weighted by Gasteiger charge is 2.21. The minimum atomic E-state index is -0.550. The highest BCUT2D eigenvalue weighted by atomic mass is 16.5. The third-order valence-corrected chi connectivity index (χ3v) is 3.43. The summed E-state index contributed by atoms with van der Waals surface area (Å²) in [5.74, 6) is -0.205. The van der Waals surface area contributed by atoms with Gasteiger partial charge in [0.1, 0.15) is 6.10 Å². The average molecular weight is 336 g/mol. The minimum absolute atomic E-state index is 0.0966. The first-order valence-corrected chi connectivity index (χ1v) is 8.31. The molecule has 1 atom stereocenters. The van der Waals surface area contributed by atoms with E-state index in [0.717, 1.165) is 5.56 Å². The number of hydrogen-bond donors (Lipinski definition) is 1. The minimum Gasteiger partial charge on any atom is -0.379 e. The number of ether oxygens (including phenoxy) is 2. The molecule has 0 fully saturated rings. The Morgan fingerprint density at radius 3 is 2.54 bits per heavy atom. The zero-order chi connectivity index (χ0) is 17.8. The molecule has 6 heteroatoms. The van der Waals surface area contributed by atoms with Crippen molar-refractivity contribution in [3.8, 4) is 0 Å². The lowest BCUT2D eigenvalue weighted by Crippen LogP contribution is -2.43. The van der Waals surface area contributed by atoms with Crippen LogP contribution < -0.4 is 5.32 Å². The van der Waals surface area contributed by atoms with Crippen LogP contribution >= 0.6 is 0 Å². The van der Waals surface area contributed by atoms with Gasteiger partial charge in [0.25, 0.3) is 5.91 Å². The second kappa shape index (κ2) is 11.6. The van der Waals surface area contributed by atoms with Crippen molar-refractivity contribution in [2.24, 2.45) is 0 Å². The zero-order valence-electron chi connectivity index (χ0n) is 14.8. The molecular weight excluding hydrogens is 308 g/mol. The number of amides is 2. The van der Waals surface area contributed by atoms with E-state index in [1.807, 2.05) is 37.3 Å². The van der Waals surface area contributed by atoms with Gasteiger partial charge in [-0.05, 0) is 19.4 Å². The highest BCUT2D eigenvalue weighted by molar-refractivity contribution is 5.80. The molecule has 1 unspecified atom stereocenters. The first-order chi connectivity index (χ1) is 11.5. The van der Waals surface area contributed by atoms with Gasteiger partial charge in [-0.15, -0.1) is 0 Å². The van der Waals surface area contributed by atoms with E-state index in [9.17, 15) is 9.59 Å². The number of nitrogens with zero attached hydrogens (tertiary/aromatic N) is 1. The van der Waals surface area contributed by atoms with Crippen molar-refractivity contribution in [2.45, 2.75) is 33.4 Å². The number of carbonyl (C=O) groups is 2. The van der Waals surface area contributed by atoms with Gasteiger partial charge in [-0.2, -0.15) is 0 Å². The van der Waals surface area contributed by atoms with E-state index in [1.165, 1.54) is 6.92 Å². The number of carbonyl (C=O) groups excluding carboxylic acids is 2. The number of nitrogens with one attached hydrogen (secondary N) is 1. The molecule has 0 heterocycles. The Balaban J connectivity index is 2.60. The molecule has 0 aromatic heterocycles. The van der Waals surface area contributed by atoms with E-state index in [0.29, 0.717) is 39.5 Å². The predicted octanol–water partition coefficient (Wildman–Crippen LogP) is 1.59. The van der Waals surface area contributed by atoms with Gasteiger partial charge in [-0.3, -0.25) is 9.59 Å². The van der Waals surface area contributed by atoms with Crippen LogP contribution in [0.2, 0.25) is 0 Å². The molecule has 2 amide bonds. The molecule has 0 spiro atoms. The van der Waals surface area contributed by atoms with Crippen molar-refractivity contribution in [2.75, 3.05) is 32.9 Å². The normalized spacial score (nSPS) is 11.8. The Hall–Kier alpha value is -1.92. The zero-order valence-corrected chi connectivity index (χ0v) is 14.8. The summed E-state index contributed by atoms with van der Waals surface area (Å²) in [6.45, 7) is 7.93. The first-order valence-electron chi connectivity index (χ1n) is 8.31. The number of hydrogen-bond acceptors (Lipinski definition) is 4. The van der Waals surface area contributed by atoms with E-state index >= 15 is 0 Å². The van der Waals surface area contributed by atoms with Crippen molar-refractivity contribution < 1.29 is 19.1 Å². The summed E-state index contributed by atoms with van der Waals surface area (Å²) in [5, 5.41) is 2.72. The predicted molar refractivity (Wildman–Crippen MR) is 92.4 cm³/mol. The van der Waals surface area contributed by atoms with Crippen LogP contribution in [0.4, 0.5) is 0 Å². The maximum absolute atomic E-state index is 12.6. The number of rotatable bonds is 11. The summed E-state index contributed by atoms with van der Waals surface area (Å²) in [6, 6.07) is 9.76. The summed E-state index contributed by atoms with van der Waals surface area (Å²) >= 11 is 0. The van der Waals surface area contributed by atoms with Crippen molar-refractivity contribution in [3.63, 3.8) is 0 Å². The molecule has 0 saturated carbocycles. The Morgan fingerprint density at radius 1 is 1.21 bits per heavy atom. The molecular formula is C18H28N2O4. The Morgan fingerprint density at radius 2 is 1.92 bits per heavy atom.